The molecule has 0 bridgehead atoms. The second-order valence-corrected chi connectivity index (χ2v) is 11.2. The predicted octanol–water partition coefficient (Wildman–Crippen LogP) is 7.35. The lowest BCUT2D eigenvalue weighted by Crippen LogP contribution is -2.60. The maximum Gasteiger partial charge on any atom is 0.416 e. The maximum absolute atomic E-state index is 15.0. The van der Waals surface area contributed by atoms with Crippen LogP contribution < -0.4 is 11.2 Å². The molecule has 6 nitrogen and oxygen atoms in total. The van der Waals surface area contributed by atoms with E-state index in [2.05, 4.69) is 5.32 Å². The Morgan fingerprint density at radius 2 is 1.53 bits per heavy atom. The Kier molecular flexibility index (Phi) is 10.4. The van der Waals surface area contributed by atoms with Crippen LogP contribution in [-0.2, 0) is 29.4 Å². The van der Waals surface area contributed by atoms with Gasteiger partial charge in [0.05, 0.1) is 5.56 Å². The summed E-state index contributed by atoms with van der Waals surface area (Å²) in [6.07, 6.45) is 1.09. The van der Waals surface area contributed by atoms with Gasteiger partial charge in [-0.2, -0.15) is 13.2 Å². The van der Waals surface area contributed by atoms with Crippen molar-refractivity contribution in [2.75, 3.05) is 0 Å². The van der Waals surface area contributed by atoms with Crippen molar-refractivity contribution >= 4 is 12.0 Å². The van der Waals surface area contributed by atoms with Gasteiger partial charge in [0, 0.05) is 18.9 Å². The molecular formula is C33H37F4N3O3. The second-order valence-electron chi connectivity index (χ2n) is 11.2. The quantitative estimate of drug-likeness (QED) is 0.0667. The normalized spacial score (nSPS) is 15.2. The third-order valence-corrected chi connectivity index (χ3v) is 8.08. The SMILES string of the molecule is NN(C(=O)NC1CCCC1)C(Cc1ccccc1)(c1cccc(CCCCCC(=O)O)c1)c1cc(F)cc(C(F)(F)F)c1. The van der Waals surface area contributed by atoms with E-state index in [-0.39, 0.29) is 24.4 Å². The van der Waals surface area contributed by atoms with Crippen molar-refractivity contribution in [2.24, 2.45) is 5.84 Å². The number of carboxylic acid groups (broad SMARTS) is 1. The number of urea groups is 1. The van der Waals surface area contributed by atoms with Crippen molar-refractivity contribution in [3.8, 4) is 0 Å². The predicted molar refractivity (Wildman–Crippen MR) is 155 cm³/mol. The Morgan fingerprint density at radius 1 is 0.860 bits per heavy atom. The van der Waals surface area contributed by atoms with E-state index in [1.54, 1.807) is 48.5 Å². The molecule has 1 aliphatic carbocycles. The molecule has 0 saturated heterocycles. The fourth-order valence-electron chi connectivity index (χ4n) is 5.87. The molecule has 3 aromatic carbocycles. The lowest BCUT2D eigenvalue weighted by molar-refractivity contribution is -0.138. The fraction of sp³-hybridized carbons (Fsp3) is 0.394. The molecule has 10 heteroatoms. The van der Waals surface area contributed by atoms with Crippen LogP contribution in [0.2, 0.25) is 0 Å². The Labute approximate surface area is 248 Å². The molecule has 230 valence electrons. The minimum Gasteiger partial charge on any atom is -0.481 e. The van der Waals surface area contributed by atoms with Gasteiger partial charge in [-0.05, 0) is 72.6 Å². The molecule has 1 unspecified atom stereocenters. The summed E-state index contributed by atoms with van der Waals surface area (Å²) in [5.74, 6) is 4.72. The van der Waals surface area contributed by atoms with E-state index in [1.807, 2.05) is 6.07 Å². The van der Waals surface area contributed by atoms with Crippen LogP contribution in [0.4, 0.5) is 22.4 Å². The molecule has 0 heterocycles. The summed E-state index contributed by atoms with van der Waals surface area (Å²) >= 11 is 0. The lowest BCUT2D eigenvalue weighted by atomic mass is 9.76. The van der Waals surface area contributed by atoms with Gasteiger partial charge >= 0.3 is 18.2 Å². The van der Waals surface area contributed by atoms with Crippen LogP contribution >= 0.6 is 0 Å². The van der Waals surface area contributed by atoms with Crippen molar-refractivity contribution < 1.29 is 32.3 Å². The Hall–Kier alpha value is -3.92. The van der Waals surface area contributed by atoms with Crippen LogP contribution in [0, 0.1) is 5.82 Å². The van der Waals surface area contributed by atoms with E-state index in [4.69, 9.17) is 10.9 Å². The molecule has 1 atom stereocenters. The summed E-state index contributed by atoms with van der Waals surface area (Å²) in [6.45, 7) is 0. The zero-order chi connectivity index (χ0) is 31.0. The van der Waals surface area contributed by atoms with Gasteiger partial charge in [0.15, 0.2) is 0 Å². The molecular weight excluding hydrogens is 562 g/mol. The van der Waals surface area contributed by atoms with Crippen molar-refractivity contribution in [1.82, 2.24) is 10.3 Å². The summed E-state index contributed by atoms with van der Waals surface area (Å²) in [6, 6.07) is 17.5. The summed E-state index contributed by atoms with van der Waals surface area (Å²) < 4.78 is 57.0. The molecule has 43 heavy (non-hydrogen) atoms. The second kappa shape index (κ2) is 14.0. The van der Waals surface area contributed by atoms with Crippen LogP contribution in [-0.4, -0.2) is 28.2 Å². The molecule has 2 amide bonds. The highest BCUT2D eigenvalue weighted by atomic mass is 19.4. The molecule has 4 N–H and O–H groups in total. The smallest absolute Gasteiger partial charge is 0.416 e. The average molecular weight is 600 g/mol. The molecule has 4 rings (SSSR count). The first kappa shape index (κ1) is 32.0. The van der Waals surface area contributed by atoms with E-state index >= 15 is 4.39 Å². The van der Waals surface area contributed by atoms with E-state index in [1.165, 1.54) is 0 Å². The number of aliphatic carboxylic acids is 1. The Bertz CT molecular complexity index is 1390. The zero-order valence-electron chi connectivity index (χ0n) is 23.9. The molecule has 1 aliphatic rings. The van der Waals surface area contributed by atoms with Crippen LogP contribution in [0.25, 0.3) is 0 Å². The number of alkyl halides is 3. The molecule has 0 aromatic heterocycles. The van der Waals surface area contributed by atoms with Gasteiger partial charge in [0.2, 0.25) is 0 Å². The van der Waals surface area contributed by atoms with Crippen molar-refractivity contribution in [3.05, 3.63) is 106 Å². The van der Waals surface area contributed by atoms with Crippen molar-refractivity contribution in [1.29, 1.82) is 0 Å². The number of aryl methyl sites for hydroxylation is 1. The monoisotopic (exact) mass is 599 g/mol. The number of carbonyl (C=O) groups is 2. The molecule has 0 spiro atoms. The van der Waals surface area contributed by atoms with Crippen molar-refractivity contribution in [2.45, 2.75) is 82.0 Å². The van der Waals surface area contributed by atoms with E-state index in [9.17, 15) is 22.8 Å². The highest BCUT2D eigenvalue weighted by Gasteiger charge is 2.45. The number of nitrogens with two attached hydrogens (primary N) is 1. The Morgan fingerprint density at radius 3 is 2.21 bits per heavy atom. The number of nitrogens with one attached hydrogen (secondary N) is 1. The first-order valence-electron chi connectivity index (χ1n) is 14.6. The summed E-state index contributed by atoms with van der Waals surface area (Å²) in [5, 5.41) is 12.8. The number of nitrogens with zero attached hydrogens (tertiary/aromatic N) is 1. The van der Waals surface area contributed by atoms with Gasteiger partial charge in [-0.3, -0.25) is 4.79 Å². The van der Waals surface area contributed by atoms with E-state index < -0.39 is 35.1 Å². The topological polar surface area (TPSA) is 95.7 Å². The largest absolute Gasteiger partial charge is 0.481 e. The Balaban J connectivity index is 1.85. The minimum absolute atomic E-state index is 0.0226. The minimum atomic E-state index is -4.83. The number of halogens is 4. The molecule has 1 saturated carbocycles. The third kappa shape index (κ3) is 8.13. The summed E-state index contributed by atoms with van der Waals surface area (Å²) in [5.41, 5.74) is -1.05. The molecule has 0 aliphatic heterocycles. The fourth-order valence-corrected chi connectivity index (χ4v) is 5.87. The highest BCUT2D eigenvalue weighted by molar-refractivity contribution is 5.76. The van der Waals surface area contributed by atoms with Gasteiger partial charge < -0.3 is 10.4 Å². The summed E-state index contributed by atoms with van der Waals surface area (Å²) in [4.78, 5) is 24.6. The maximum atomic E-state index is 15.0. The number of carboxylic acids is 1. The van der Waals surface area contributed by atoms with Crippen LogP contribution in [0.1, 0.15) is 79.2 Å². The number of hydrogen-bond acceptors (Lipinski definition) is 3. The van der Waals surface area contributed by atoms with Gasteiger partial charge in [0.25, 0.3) is 0 Å². The van der Waals surface area contributed by atoms with E-state index in [0.29, 0.717) is 42.9 Å². The number of amides is 2. The van der Waals surface area contributed by atoms with Gasteiger partial charge in [-0.1, -0.05) is 73.9 Å². The summed E-state index contributed by atoms with van der Waals surface area (Å²) in [7, 11) is 0. The number of unbranched alkanes of at least 4 members (excludes halogenated alkanes) is 2. The van der Waals surface area contributed by atoms with E-state index in [0.717, 1.165) is 48.4 Å². The number of rotatable bonds is 12. The van der Waals surface area contributed by atoms with Crippen LogP contribution in [0.3, 0.4) is 0 Å². The zero-order valence-corrected chi connectivity index (χ0v) is 23.9. The number of hydrogen-bond donors (Lipinski definition) is 3. The highest BCUT2D eigenvalue weighted by Crippen LogP contribution is 2.41. The molecule has 1 fully saturated rings. The van der Waals surface area contributed by atoms with Gasteiger partial charge in [0.1, 0.15) is 11.4 Å². The number of hydrazine groups is 1. The standard InChI is InChI=1S/C33H37F4N3O3/c34-28-20-26(19-27(21-28)33(35,36)37)32(22-24-11-4-1-5-12-24,40(38)31(43)39-29-15-7-8-16-29)25-14-9-13-23(18-25)10-3-2-6-17-30(41)42/h1,4-5,9,11-14,18-21,29H,2-3,6-8,10,15-17,22,38H2,(H,39,43)(H,41,42). The van der Waals surface area contributed by atoms with Crippen LogP contribution in [0.5, 0.6) is 0 Å². The molecule has 3 aromatic rings. The van der Waals surface area contributed by atoms with Gasteiger partial charge in [-0.25, -0.2) is 20.0 Å². The average Bonchev–Trinajstić information content (AvgIpc) is 3.48. The number of benzene rings is 3. The lowest BCUT2D eigenvalue weighted by Gasteiger charge is -2.43. The van der Waals surface area contributed by atoms with Crippen LogP contribution in [0.15, 0.2) is 72.8 Å². The number of carbonyl (C=O) groups excluding carboxylic acids is 1. The third-order valence-electron chi connectivity index (χ3n) is 8.08. The van der Waals surface area contributed by atoms with Crippen molar-refractivity contribution in [3.63, 3.8) is 0 Å². The van der Waals surface area contributed by atoms with Gasteiger partial charge in [-0.15, -0.1) is 0 Å². The first-order chi connectivity index (χ1) is 20.5. The first-order valence-corrected chi connectivity index (χ1v) is 14.6. The molecule has 0 radical (unpaired) electrons.